The highest BCUT2D eigenvalue weighted by Crippen LogP contribution is 2.36. The molecular formula is C13H13ClN2O3. The first-order chi connectivity index (χ1) is 9.13. The monoisotopic (exact) mass is 280 g/mol. The van der Waals surface area contributed by atoms with Gasteiger partial charge < -0.3 is 14.8 Å². The minimum atomic E-state index is -0.0103. The molecule has 1 unspecified atom stereocenters. The Labute approximate surface area is 116 Å². The maximum absolute atomic E-state index is 11.1. The molecule has 1 aromatic rings. The van der Waals surface area contributed by atoms with Gasteiger partial charge in [-0.2, -0.15) is 5.26 Å². The van der Waals surface area contributed by atoms with Gasteiger partial charge in [-0.1, -0.05) is 11.6 Å². The zero-order chi connectivity index (χ0) is 13.8. The Balaban J connectivity index is 2.11. The van der Waals surface area contributed by atoms with E-state index in [9.17, 15) is 4.79 Å². The lowest BCUT2D eigenvalue weighted by Gasteiger charge is -2.15. The van der Waals surface area contributed by atoms with E-state index in [2.05, 4.69) is 5.32 Å². The number of amides is 1. The van der Waals surface area contributed by atoms with Crippen LogP contribution in [-0.2, 0) is 4.79 Å². The van der Waals surface area contributed by atoms with Gasteiger partial charge in [-0.05, 0) is 12.5 Å². The topological polar surface area (TPSA) is 71.3 Å². The van der Waals surface area contributed by atoms with Gasteiger partial charge in [-0.25, -0.2) is 0 Å². The Morgan fingerprint density at radius 1 is 1.58 bits per heavy atom. The second-order valence-corrected chi connectivity index (χ2v) is 4.62. The number of ether oxygens (including phenoxy) is 2. The summed E-state index contributed by atoms with van der Waals surface area (Å²) in [5.41, 5.74) is 0.406. The van der Waals surface area contributed by atoms with Crippen LogP contribution in [0.4, 0.5) is 0 Å². The summed E-state index contributed by atoms with van der Waals surface area (Å²) in [7, 11) is 1.48. The number of nitrogens with zero attached hydrogens (tertiary/aromatic N) is 1. The summed E-state index contributed by atoms with van der Waals surface area (Å²) in [6.07, 6.45) is 1.27. The van der Waals surface area contributed by atoms with Crippen molar-refractivity contribution in [3.63, 3.8) is 0 Å². The largest absolute Gasteiger partial charge is 0.493 e. The van der Waals surface area contributed by atoms with Crippen LogP contribution in [0.3, 0.4) is 0 Å². The summed E-state index contributed by atoms with van der Waals surface area (Å²) in [4.78, 5) is 11.1. The van der Waals surface area contributed by atoms with Crippen LogP contribution in [0.25, 0.3) is 0 Å². The second-order valence-electron chi connectivity index (χ2n) is 4.22. The van der Waals surface area contributed by atoms with Crippen molar-refractivity contribution in [3.8, 4) is 17.6 Å². The van der Waals surface area contributed by atoms with Crippen LogP contribution in [-0.4, -0.2) is 25.7 Å². The van der Waals surface area contributed by atoms with Gasteiger partial charge in [0.05, 0.1) is 29.8 Å². The van der Waals surface area contributed by atoms with Crippen molar-refractivity contribution >= 4 is 17.5 Å². The molecule has 1 heterocycles. The molecule has 6 heteroatoms. The van der Waals surface area contributed by atoms with Crippen LogP contribution < -0.4 is 14.8 Å². The lowest BCUT2D eigenvalue weighted by Crippen LogP contribution is -2.30. The molecule has 1 aliphatic rings. The van der Waals surface area contributed by atoms with Crippen LogP contribution >= 0.6 is 11.6 Å². The van der Waals surface area contributed by atoms with Crippen LogP contribution in [0.5, 0.6) is 11.5 Å². The molecule has 0 aromatic heterocycles. The number of hydrogen-bond donors (Lipinski definition) is 1. The van der Waals surface area contributed by atoms with Crippen molar-refractivity contribution in [2.75, 3.05) is 13.7 Å². The molecule has 0 bridgehead atoms. The van der Waals surface area contributed by atoms with Gasteiger partial charge in [0.1, 0.15) is 6.61 Å². The Hall–Kier alpha value is -1.93. The predicted molar refractivity (Wildman–Crippen MR) is 69.4 cm³/mol. The third kappa shape index (κ3) is 3.09. The molecule has 0 aliphatic carbocycles. The first-order valence-electron chi connectivity index (χ1n) is 5.84. The molecule has 0 saturated carbocycles. The molecule has 0 spiro atoms. The lowest BCUT2D eigenvalue weighted by molar-refractivity contribution is -0.119. The molecule has 5 nitrogen and oxygen atoms in total. The lowest BCUT2D eigenvalue weighted by atomic mass is 10.2. The number of benzene rings is 1. The van der Waals surface area contributed by atoms with Gasteiger partial charge >= 0.3 is 0 Å². The van der Waals surface area contributed by atoms with Crippen molar-refractivity contribution in [2.45, 2.75) is 18.9 Å². The molecule has 1 aliphatic heterocycles. The zero-order valence-corrected chi connectivity index (χ0v) is 11.2. The zero-order valence-electron chi connectivity index (χ0n) is 10.4. The van der Waals surface area contributed by atoms with E-state index in [1.807, 2.05) is 6.07 Å². The predicted octanol–water partition coefficient (Wildman–Crippen LogP) is 1.88. The quantitative estimate of drug-likeness (QED) is 0.914. The van der Waals surface area contributed by atoms with Gasteiger partial charge in [0.2, 0.25) is 5.91 Å². The number of halogens is 1. The fraction of sp³-hybridized carbons (Fsp3) is 0.385. The molecule has 2 rings (SSSR count). The highest BCUT2D eigenvalue weighted by molar-refractivity contribution is 6.32. The third-order valence-electron chi connectivity index (χ3n) is 2.87. The van der Waals surface area contributed by atoms with Gasteiger partial charge in [0, 0.05) is 12.5 Å². The first kappa shape index (κ1) is 13.5. The van der Waals surface area contributed by atoms with E-state index in [1.165, 1.54) is 13.2 Å². The van der Waals surface area contributed by atoms with E-state index in [-0.39, 0.29) is 11.9 Å². The molecule has 1 N–H and O–H groups in total. The Kier molecular flexibility index (Phi) is 4.13. The second kappa shape index (κ2) is 5.81. The highest BCUT2D eigenvalue weighted by Gasteiger charge is 2.22. The maximum atomic E-state index is 11.1. The average molecular weight is 281 g/mol. The van der Waals surface area contributed by atoms with Crippen molar-refractivity contribution < 1.29 is 14.3 Å². The summed E-state index contributed by atoms with van der Waals surface area (Å²) in [6.45, 7) is 0.327. The van der Waals surface area contributed by atoms with E-state index in [4.69, 9.17) is 26.3 Å². The van der Waals surface area contributed by atoms with E-state index >= 15 is 0 Å². The number of nitriles is 1. The van der Waals surface area contributed by atoms with E-state index < -0.39 is 0 Å². The third-order valence-corrected chi connectivity index (χ3v) is 3.15. The summed E-state index contributed by atoms with van der Waals surface area (Å²) in [5.74, 6) is 0.837. The molecule has 1 aromatic carbocycles. The Bertz CT molecular complexity index is 539. The number of nitrogens with one attached hydrogen (secondary N) is 1. The van der Waals surface area contributed by atoms with E-state index in [0.717, 1.165) is 6.42 Å². The highest BCUT2D eigenvalue weighted by atomic mass is 35.5. The smallest absolute Gasteiger partial charge is 0.220 e. The average Bonchev–Trinajstić information content (AvgIpc) is 2.82. The normalized spacial score (nSPS) is 17.7. The van der Waals surface area contributed by atoms with E-state index in [0.29, 0.717) is 35.1 Å². The van der Waals surface area contributed by atoms with Crippen molar-refractivity contribution in [2.24, 2.45) is 0 Å². The number of hydrogen-bond acceptors (Lipinski definition) is 4. The summed E-state index contributed by atoms with van der Waals surface area (Å²) in [5, 5.41) is 12.0. The fourth-order valence-corrected chi connectivity index (χ4v) is 2.18. The number of carbonyl (C=O) groups is 1. The van der Waals surface area contributed by atoms with Gasteiger partial charge in [0.15, 0.2) is 11.5 Å². The van der Waals surface area contributed by atoms with Crippen molar-refractivity contribution in [3.05, 3.63) is 22.7 Å². The van der Waals surface area contributed by atoms with Crippen LogP contribution in [0.15, 0.2) is 12.1 Å². The van der Waals surface area contributed by atoms with Crippen LogP contribution in [0.1, 0.15) is 18.4 Å². The minimum absolute atomic E-state index is 0.0103. The standard InChI is InChI=1S/C13H13ClN2O3/c1-18-11-5-8(6-15)4-10(14)13(11)19-7-9-2-3-12(17)16-9/h4-5,9H,2-3,7H2,1H3,(H,16,17). The molecule has 1 fully saturated rings. The molecule has 1 saturated heterocycles. The SMILES string of the molecule is COc1cc(C#N)cc(Cl)c1OCC1CCC(=O)N1. The number of rotatable bonds is 4. The summed E-state index contributed by atoms with van der Waals surface area (Å²) < 4.78 is 10.8. The maximum Gasteiger partial charge on any atom is 0.220 e. The molecular weight excluding hydrogens is 268 g/mol. The molecule has 19 heavy (non-hydrogen) atoms. The number of carbonyl (C=O) groups excluding carboxylic acids is 1. The van der Waals surface area contributed by atoms with Crippen LogP contribution in [0.2, 0.25) is 5.02 Å². The minimum Gasteiger partial charge on any atom is -0.493 e. The number of methoxy groups -OCH3 is 1. The van der Waals surface area contributed by atoms with Crippen molar-refractivity contribution in [1.29, 1.82) is 5.26 Å². The van der Waals surface area contributed by atoms with Crippen LogP contribution in [0, 0.1) is 11.3 Å². The summed E-state index contributed by atoms with van der Waals surface area (Å²) >= 11 is 6.06. The van der Waals surface area contributed by atoms with Gasteiger partial charge in [-0.15, -0.1) is 0 Å². The summed E-state index contributed by atoms with van der Waals surface area (Å²) in [6, 6.07) is 5.07. The molecule has 1 amide bonds. The van der Waals surface area contributed by atoms with Gasteiger partial charge in [-0.3, -0.25) is 4.79 Å². The fourth-order valence-electron chi connectivity index (χ4n) is 1.91. The molecule has 0 radical (unpaired) electrons. The Morgan fingerprint density at radius 2 is 2.37 bits per heavy atom. The van der Waals surface area contributed by atoms with Crippen molar-refractivity contribution in [1.82, 2.24) is 5.32 Å². The first-order valence-corrected chi connectivity index (χ1v) is 6.21. The molecule has 100 valence electrons. The molecule has 1 atom stereocenters. The van der Waals surface area contributed by atoms with Gasteiger partial charge in [0.25, 0.3) is 0 Å². The Morgan fingerprint density at radius 3 is 2.95 bits per heavy atom. The van der Waals surface area contributed by atoms with E-state index in [1.54, 1.807) is 6.07 Å².